The van der Waals surface area contributed by atoms with Crippen molar-refractivity contribution in [3.8, 4) is 0 Å². The van der Waals surface area contributed by atoms with Gasteiger partial charge in [0.15, 0.2) is 0 Å². The van der Waals surface area contributed by atoms with E-state index in [1.165, 1.54) is 6.07 Å². The Hall–Kier alpha value is -1.72. The SMILES string of the molecule is Cc1cc(Nc2cc(Cl)ccc2Br)cc(C(=O)O)c1N. The van der Waals surface area contributed by atoms with E-state index < -0.39 is 5.97 Å². The molecule has 0 radical (unpaired) electrons. The minimum atomic E-state index is -1.06. The smallest absolute Gasteiger partial charge is 0.337 e. The van der Waals surface area contributed by atoms with Crippen molar-refractivity contribution in [1.82, 2.24) is 0 Å². The van der Waals surface area contributed by atoms with E-state index in [9.17, 15) is 4.79 Å². The van der Waals surface area contributed by atoms with Gasteiger partial charge in [-0.3, -0.25) is 0 Å². The van der Waals surface area contributed by atoms with Crippen LogP contribution in [0.3, 0.4) is 0 Å². The van der Waals surface area contributed by atoms with Crippen molar-refractivity contribution in [2.75, 3.05) is 11.1 Å². The fourth-order valence-electron chi connectivity index (χ4n) is 1.80. The lowest BCUT2D eigenvalue weighted by molar-refractivity contribution is 0.0698. The number of anilines is 3. The van der Waals surface area contributed by atoms with Gasteiger partial charge in [0.25, 0.3) is 0 Å². The summed E-state index contributed by atoms with van der Waals surface area (Å²) in [6, 6.07) is 8.60. The molecule has 0 heterocycles. The predicted molar refractivity (Wildman–Crippen MR) is 85.0 cm³/mol. The number of nitrogens with one attached hydrogen (secondary N) is 1. The molecule has 0 atom stereocenters. The molecule has 0 bridgehead atoms. The van der Waals surface area contributed by atoms with E-state index in [-0.39, 0.29) is 11.3 Å². The third kappa shape index (κ3) is 3.05. The van der Waals surface area contributed by atoms with E-state index in [4.69, 9.17) is 22.4 Å². The predicted octanol–water partition coefficient (Wildman–Crippen LogP) is 4.43. The van der Waals surface area contributed by atoms with Gasteiger partial charge in [0, 0.05) is 20.9 Å². The standard InChI is InChI=1S/C14H12BrClN2O2/c1-7-4-9(6-10(13(7)17)14(19)20)18-12-5-8(16)2-3-11(12)15/h2-6,18H,17H2,1H3,(H,19,20). The average Bonchev–Trinajstić information content (AvgIpc) is 2.37. The highest BCUT2D eigenvalue weighted by molar-refractivity contribution is 9.10. The zero-order chi connectivity index (χ0) is 14.9. The minimum Gasteiger partial charge on any atom is -0.478 e. The Morgan fingerprint density at radius 3 is 2.70 bits per heavy atom. The molecule has 0 saturated carbocycles. The zero-order valence-corrected chi connectivity index (χ0v) is 12.9. The number of hydrogen-bond donors (Lipinski definition) is 3. The summed E-state index contributed by atoms with van der Waals surface area (Å²) in [6.07, 6.45) is 0. The molecule has 4 N–H and O–H groups in total. The molecule has 0 aromatic heterocycles. The third-order valence-corrected chi connectivity index (χ3v) is 3.75. The number of hydrogen-bond acceptors (Lipinski definition) is 3. The van der Waals surface area contributed by atoms with Crippen molar-refractivity contribution in [3.05, 3.63) is 51.0 Å². The van der Waals surface area contributed by atoms with E-state index in [0.717, 1.165) is 10.2 Å². The van der Waals surface area contributed by atoms with E-state index >= 15 is 0 Å². The van der Waals surface area contributed by atoms with Crippen molar-refractivity contribution < 1.29 is 9.90 Å². The zero-order valence-electron chi connectivity index (χ0n) is 10.6. The van der Waals surface area contributed by atoms with Gasteiger partial charge < -0.3 is 16.2 Å². The second kappa shape index (κ2) is 5.73. The van der Waals surface area contributed by atoms with Crippen LogP contribution >= 0.6 is 27.5 Å². The van der Waals surface area contributed by atoms with Gasteiger partial charge in [0.2, 0.25) is 0 Å². The fourth-order valence-corrected chi connectivity index (χ4v) is 2.31. The number of aryl methyl sites for hydroxylation is 1. The van der Waals surface area contributed by atoms with Crippen LogP contribution < -0.4 is 11.1 Å². The van der Waals surface area contributed by atoms with Crippen LogP contribution in [0, 0.1) is 6.92 Å². The number of carboxylic acid groups (broad SMARTS) is 1. The van der Waals surface area contributed by atoms with Gasteiger partial charge in [0.1, 0.15) is 0 Å². The van der Waals surface area contributed by atoms with Crippen LogP contribution in [0.4, 0.5) is 17.1 Å². The van der Waals surface area contributed by atoms with E-state index in [1.807, 2.05) is 6.07 Å². The molecule has 2 aromatic rings. The van der Waals surface area contributed by atoms with Gasteiger partial charge in [-0.25, -0.2) is 4.79 Å². The molecular formula is C14H12BrClN2O2. The van der Waals surface area contributed by atoms with Crippen LogP contribution in [0.2, 0.25) is 5.02 Å². The van der Waals surface area contributed by atoms with Crippen molar-refractivity contribution in [2.45, 2.75) is 6.92 Å². The van der Waals surface area contributed by atoms with Crippen LogP contribution in [0.15, 0.2) is 34.8 Å². The molecule has 0 aliphatic carbocycles. The van der Waals surface area contributed by atoms with Crippen molar-refractivity contribution >= 4 is 50.6 Å². The first kappa shape index (κ1) is 14.7. The molecule has 0 amide bonds. The van der Waals surface area contributed by atoms with Crippen LogP contribution in [-0.4, -0.2) is 11.1 Å². The molecule has 2 rings (SSSR count). The maximum absolute atomic E-state index is 11.2. The normalized spacial score (nSPS) is 10.3. The topological polar surface area (TPSA) is 75.3 Å². The number of rotatable bonds is 3. The van der Waals surface area contributed by atoms with Crippen molar-refractivity contribution in [1.29, 1.82) is 0 Å². The van der Waals surface area contributed by atoms with E-state index in [2.05, 4.69) is 21.2 Å². The Labute approximate surface area is 129 Å². The lowest BCUT2D eigenvalue weighted by Gasteiger charge is -2.12. The Morgan fingerprint density at radius 1 is 1.35 bits per heavy atom. The van der Waals surface area contributed by atoms with Crippen LogP contribution in [0.25, 0.3) is 0 Å². The second-order valence-electron chi connectivity index (χ2n) is 4.31. The number of nitrogens with two attached hydrogens (primary N) is 1. The lowest BCUT2D eigenvalue weighted by Crippen LogP contribution is -2.05. The van der Waals surface area contributed by atoms with Gasteiger partial charge >= 0.3 is 5.97 Å². The molecular weight excluding hydrogens is 344 g/mol. The summed E-state index contributed by atoms with van der Waals surface area (Å²) >= 11 is 9.35. The summed E-state index contributed by atoms with van der Waals surface area (Å²) in [5.74, 6) is -1.06. The van der Waals surface area contributed by atoms with Crippen molar-refractivity contribution in [2.24, 2.45) is 0 Å². The highest BCUT2D eigenvalue weighted by Crippen LogP contribution is 2.31. The lowest BCUT2D eigenvalue weighted by atomic mass is 10.1. The summed E-state index contributed by atoms with van der Waals surface area (Å²) in [4.78, 5) is 11.2. The molecule has 2 aromatic carbocycles. The average molecular weight is 356 g/mol. The van der Waals surface area contributed by atoms with Gasteiger partial charge in [-0.1, -0.05) is 11.6 Å². The summed E-state index contributed by atoms with van der Waals surface area (Å²) in [7, 11) is 0. The van der Waals surface area contributed by atoms with E-state index in [1.54, 1.807) is 25.1 Å². The summed E-state index contributed by atoms with van der Waals surface area (Å²) in [5, 5.41) is 12.9. The maximum Gasteiger partial charge on any atom is 0.337 e. The first-order chi connectivity index (χ1) is 9.38. The number of carbonyl (C=O) groups is 1. The first-order valence-electron chi connectivity index (χ1n) is 5.74. The van der Waals surface area contributed by atoms with Gasteiger partial charge in [-0.15, -0.1) is 0 Å². The molecule has 4 nitrogen and oxygen atoms in total. The molecule has 0 aliphatic rings. The van der Waals surface area contributed by atoms with Crippen LogP contribution in [0.1, 0.15) is 15.9 Å². The summed E-state index contributed by atoms with van der Waals surface area (Å²) in [6.45, 7) is 1.76. The number of nitrogen functional groups attached to an aromatic ring is 1. The summed E-state index contributed by atoms with van der Waals surface area (Å²) < 4.78 is 0.827. The highest BCUT2D eigenvalue weighted by atomic mass is 79.9. The number of halogens is 2. The number of aromatic carboxylic acids is 1. The molecule has 0 aliphatic heterocycles. The van der Waals surface area contributed by atoms with Crippen LogP contribution in [-0.2, 0) is 0 Å². The Balaban J connectivity index is 2.44. The molecule has 104 valence electrons. The highest BCUT2D eigenvalue weighted by Gasteiger charge is 2.12. The molecule has 0 spiro atoms. The minimum absolute atomic E-state index is 0.0747. The van der Waals surface area contributed by atoms with E-state index in [0.29, 0.717) is 16.3 Å². The Kier molecular flexibility index (Phi) is 4.20. The number of carboxylic acids is 1. The molecule has 0 unspecified atom stereocenters. The fraction of sp³-hybridized carbons (Fsp3) is 0.0714. The monoisotopic (exact) mass is 354 g/mol. The summed E-state index contributed by atoms with van der Waals surface area (Å²) in [5.41, 5.74) is 8.19. The molecule has 0 saturated heterocycles. The third-order valence-electron chi connectivity index (χ3n) is 2.82. The van der Waals surface area contributed by atoms with Gasteiger partial charge in [-0.05, 0) is 58.7 Å². The molecule has 20 heavy (non-hydrogen) atoms. The number of benzene rings is 2. The molecule has 0 fully saturated rings. The van der Waals surface area contributed by atoms with Gasteiger partial charge in [0.05, 0.1) is 11.3 Å². The maximum atomic E-state index is 11.2. The Bertz CT molecular complexity index is 689. The van der Waals surface area contributed by atoms with Crippen molar-refractivity contribution in [3.63, 3.8) is 0 Å². The van der Waals surface area contributed by atoms with Gasteiger partial charge in [-0.2, -0.15) is 0 Å². The quantitative estimate of drug-likeness (QED) is 0.712. The Morgan fingerprint density at radius 2 is 2.05 bits per heavy atom. The first-order valence-corrected chi connectivity index (χ1v) is 6.91. The second-order valence-corrected chi connectivity index (χ2v) is 5.60. The largest absolute Gasteiger partial charge is 0.478 e. The molecule has 6 heteroatoms. The van der Waals surface area contributed by atoms with Crippen LogP contribution in [0.5, 0.6) is 0 Å².